The van der Waals surface area contributed by atoms with Crippen LogP contribution in [0.2, 0.25) is 5.02 Å². The number of aromatic nitrogens is 1. The fourth-order valence-corrected chi connectivity index (χ4v) is 4.37. The maximum absolute atomic E-state index is 13.0. The first-order valence-electron chi connectivity index (χ1n) is 10.6. The molecule has 0 atom stereocenters. The third kappa shape index (κ3) is 4.35. The van der Waals surface area contributed by atoms with Gasteiger partial charge in [0.1, 0.15) is 17.8 Å². The second-order valence-electron chi connectivity index (χ2n) is 7.88. The minimum Gasteiger partial charge on any atom is -0.491 e. The second kappa shape index (κ2) is 9.46. The number of piperidine rings is 1. The molecule has 0 radical (unpaired) electrons. The predicted octanol–water partition coefficient (Wildman–Crippen LogP) is 5.67. The molecule has 1 aliphatic heterocycles. The molecule has 4 rings (SSSR count). The molecule has 0 saturated carbocycles. The van der Waals surface area contributed by atoms with Gasteiger partial charge < -0.3 is 14.4 Å². The lowest BCUT2D eigenvalue weighted by molar-refractivity contribution is -0.159. The summed E-state index contributed by atoms with van der Waals surface area (Å²) in [6.45, 7) is 11.0. The van der Waals surface area contributed by atoms with E-state index in [1.165, 1.54) is 0 Å². The van der Waals surface area contributed by atoms with Crippen LogP contribution in [0.1, 0.15) is 19.8 Å². The van der Waals surface area contributed by atoms with Gasteiger partial charge in [0.15, 0.2) is 5.69 Å². The van der Waals surface area contributed by atoms with E-state index in [2.05, 4.69) is 14.7 Å². The Bertz CT molecular complexity index is 1150. The number of rotatable bonds is 6. The molecule has 1 saturated heterocycles. The molecule has 0 N–H and O–H groups in total. The number of carbonyl (C=O) groups excluding carboxylic acids is 1. The van der Waals surface area contributed by atoms with Crippen LogP contribution >= 0.6 is 11.6 Å². The fraction of sp³-hybridized carbons (Fsp3) is 0.320. The maximum atomic E-state index is 13.0. The van der Waals surface area contributed by atoms with Crippen molar-refractivity contribution in [2.45, 2.75) is 19.8 Å². The van der Waals surface area contributed by atoms with Crippen molar-refractivity contribution in [2.75, 3.05) is 31.2 Å². The van der Waals surface area contributed by atoms with Crippen molar-refractivity contribution in [3.8, 4) is 5.75 Å². The number of anilines is 1. The second-order valence-corrected chi connectivity index (χ2v) is 8.25. The van der Waals surface area contributed by atoms with Crippen LogP contribution in [0.5, 0.6) is 5.75 Å². The zero-order valence-electron chi connectivity index (χ0n) is 17.9. The molecule has 1 fully saturated rings. The largest absolute Gasteiger partial charge is 0.491 e. The lowest BCUT2D eigenvalue weighted by Crippen LogP contribution is -2.48. The third-order valence-electron chi connectivity index (χ3n) is 5.99. The van der Waals surface area contributed by atoms with Crippen LogP contribution in [0.3, 0.4) is 0 Å². The molecule has 32 heavy (non-hydrogen) atoms. The number of carbonyl (C=O) groups is 1. The first-order valence-corrected chi connectivity index (χ1v) is 11.0. The van der Waals surface area contributed by atoms with Crippen LogP contribution in [0.15, 0.2) is 54.9 Å². The van der Waals surface area contributed by atoms with Crippen molar-refractivity contribution in [3.05, 3.63) is 71.3 Å². The zero-order chi connectivity index (χ0) is 22.6. The normalized spacial score (nSPS) is 15.2. The Morgan fingerprint density at radius 1 is 1.19 bits per heavy atom. The van der Waals surface area contributed by atoms with Crippen LogP contribution in [-0.2, 0) is 9.53 Å². The van der Waals surface area contributed by atoms with E-state index in [1.54, 1.807) is 24.5 Å². The molecule has 6 nitrogen and oxygen atoms in total. The summed E-state index contributed by atoms with van der Waals surface area (Å²) in [6, 6.07) is 13.1. The first kappa shape index (κ1) is 21.9. The molecule has 2 aromatic carbocycles. The van der Waals surface area contributed by atoms with Crippen LogP contribution < -0.4 is 9.64 Å². The number of halogens is 1. The molecule has 164 valence electrons. The number of fused-ring (bicyclic) bond motifs is 1. The van der Waals surface area contributed by atoms with Gasteiger partial charge in [0.25, 0.3) is 0 Å². The summed E-state index contributed by atoms with van der Waals surface area (Å²) >= 11 is 6.62. The van der Waals surface area contributed by atoms with Crippen molar-refractivity contribution in [1.82, 2.24) is 4.98 Å². The van der Waals surface area contributed by atoms with E-state index in [9.17, 15) is 4.79 Å². The zero-order valence-corrected chi connectivity index (χ0v) is 18.6. The minimum absolute atomic E-state index is 0.184. The first-order chi connectivity index (χ1) is 15.6. The molecule has 0 aliphatic carbocycles. The summed E-state index contributed by atoms with van der Waals surface area (Å²) in [5.74, 6) is 0.267. The molecule has 7 heteroatoms. The van der Waals surface area contributed by atoms with E-state index < -0.39 is 5.41 Å². The van der Waals surface area contributed by atoms with Crippen molar-refractivity contribution >= 4 is 39.7 Å². The molecule has 0 bridgehead atoms. The summed E-state index contributed by atoms with van der Waals surface area (Å²) in [4.78, 5) is 22.8. The van der Waals surface area contributed by atoms with Gasteiger partial charge in [-0.2, -0.15) is 0 Å². The molecule has 0 amide bonds. The standard InChI is InChI=1S/C25H24ClN3O3/c1-3-31-24(30)25(10-14-29(15-11-25)20-8-12-28-13-9-20)17-32-22-7-5-18-4-6-19(27-2)16-21(18)23(22)26/h4-9,12-13,16H,3,10-11,14-15,17H2,1H3. The van der Waals surface area contributed by atoms with E-state index in [-0.39, 0.29) is 12.6 Å². The number of nitrogens with zero attached hydrogens (tertiary/aromatic N) is 3. The number of esters is 1. The SMILES string of the molecule is [C-]#[N+]c1ccc2ccc(OCC3(C(=O)OCC)CCN(c4ccncc4)CC3)c(Cl)c2c1. The third-order valence-corrected chi connectivity index (χ3v) is 6.38. The molecule has 3 aromatic rings. The molecular weight excluding hydrogens is 426 g/mol. The number of ether oxygens (including phenoxy) is 2. The Balaban J connectivity index is 1.55. The predicted molar refractivity (Wildman–Crippen MR) is 125 cm³/mol. The van der Waals surface area contributed by atoms with Crippen LogP contribution in [0.4, 0.5) is 11.4 Å². The summed E-state index contributed by atoms with van der Waals surface area (Å²) in [6.07, 6.45) is 4.77. The van der Waals surface area contributed by atoms with Gasteiger partial charge in [0.2, 0.25) is 0 Å². The number of hydrogen-bond acceptors (Lipinski definition) is 5. The highest BCUT2D eigenvalue weighted by molar-refractivity contribution is 6.37. The van der Waals surface area contributed by atoms with E-state index >= 15 is 0 Å². The Labute approximate surface area is 192 Å². The minimum atomic E-state index is -0.740. The monoisotopic (exact) mass is 449 g/mol. The van der Waals surface area contributed by atoms with E-state index in [0.717, 1.165) is 16.5 Å². The highest BCUT2D eigenvalue weighted by Crippen LogP contribution is 2.39. The maximum Gasteiger partial charge on any atom is 0.315 e. The Morgan fingerprint density at radius 2 is 1.91 bits per heavy atom. The summed E-state index contributed by atoms with van der Waals surface area (Å²) in [5, 5.41) is 2.14. The van der Waals surface area contributed by atoms with Gasteiger partial charge in [-0.05, 0) is 54.8 Å². The lowest BCUT2D eigenvalue weighted by atomic mass is 9.79. The van der Waals surface area contributed by atoms with Crippen LogP contribution in [0, 0.1) is 12.0 Å². The summed E-state index contributed by atoms with van der Waals surface area (Å²) in [7, 11) is 0. The van der Waals surface area contributed by atoms with Crippen LogP contribution in [0.25, 0.3) is 15.6 Å². The van der Waals surface area contributed by atoms with Gasteiger partial charge in [-0.15, -0.1) is 0 Å². The average Bonchev–Trinajstić information content (AvgIpc) is 2.84. The molecule has 1 aromatic heterocycles. The molecule has 2 heterocycles. The number of hydrogen-bond donors (Lipinski definition) is 0. The van der Waals surface area contributed by atoms with Crippen LogP contribution in [-0.4, -0.2) is 37.3 Å². The van der Waals surface area contributed by atoms with Crippen molar-refractivity contribution in [3.63, 3.8) is 0 Å². The van der Waals surface area contributed by atoms with Gasteiger partial charge in [-0.3, -0.25) is 9.78 Å². The Hall–Kier alpha value is -3.30. The highest BCUT2D eigenvalue weighted by Gasteiger charge is 2.44. The van der Waals surface area contributed by atoms with E-state index in [1.807, 2.05) is 37.3 Å². The Morgan fingerprint density at radius 3 is 2.59 bits per heavy atom. The van der Waals surface area contributed by atoms with E-state index in [0.29, 0.717) is 49.0 Å². The summed E-state index contributed by atoms with van der Waals surface area (Å²) < 4.78 is 11.6. The highest BCUT2D eigenvalue weighted by atomic mass is 35.5. The molecule has 1 aliphatic rings. The molecule has 0 unspecified atom stereocenters. The lowest BCUT2D eigenvalue weighted by Gasteiger charge is -2.40. The topological polar surface area (TPSA) is 56.0 Å². The Kier molecular flexibility index (Phi) is 6.48. The number of benzene rings is 2. The fourth-order valence-electron chi connectivity index (χ4n) is 4.09. The van der Waals surface area contributed by atoms with Crippen molar-refractivity contribution < 1.29 is 14.3 Å². The van der Waals surface area contributed by atoms with Gasteiger partial charge in [-0.1, -0.05) is 29.8 Å². The smallest absolute Gasteiger partial charge is 0.315 e. The van der Waals surface area contributed by atoms with E-state index in [4.69, 9.17) is 27.6 Å². The quantitative estimate of drug-likeness (QED) is 0.358. The van der Waals surface area contributed by atoms with Gasteiger partial charge in [0, 0.05) is 31.2 Å². The van der Waals surface area contributed by atoms with Gasteiger partial charge in [-0.25, -0.2) is 4.85 Å². The summed E-state index contributed by atoms with van der Waals surface area (Å²) in [5.41, 5.74) is 0.866. The van der Waals surface area contributed by atoms with Crippen molar-refractivity contribution in [1.29, 1.82) is 0 Å². The van der Waals surface area contributed by atoms with Crippen molar-refractivity contribution in [2.24, 2.45) is 5.41 Å². The molecule has 0 spiro atoms. The number of pyridine rings is 1. The van der Waals surface area contributed by atoms with Gasteiger partial charge >= 0.3 is 5.97 Å². The van der Waals surface area contributed by atoms with Gasteiger partial charge in [0.05, 0.1) is 18.2 Å². The molecular formula is C25H24ClN3O3. The average molecular weight is 450 g/mol.